The fraction of sp³-hybridized carbons (Fsp3) is 0.360. The topological polar surface area (TPSA) is 78.6 Å². The first kappa shape index (κ1) is 25.1. The number of likely N-dealkylation sites (tertiary alicyclic amines) is 1. The van der Waals surface area contributed by atoms with E-state index in [1.165, 1.54) is 29.3 Å². The van der Waals surface area contributed by atoms with Gasteiger partial charge in [-0.25, -0.2) is 18.0 Å². The number of amides is 2. The number of furan rings is 1. The molecule has 0 atom stereocenters. The molecule has 3 heterocycles. The third-order valence-corrected chi connectivity index (χ3v) is 6.45. The summed E-state index contributed by atoms with van der Waals surface area (Å²) >= 11 is 5.94. The highest BCUT2D eigenvalue weighted by Gasteiger charge is 2.40. The van der Waals surface area contributed by atoms with Crippen LogP contribution in [0.15, 0.2) is 47.0 Å². The van der Waals surface area contributed by atoms with Gasteiger partial charge in [-0.05, 0) is 48.9 Å². The lowest BCUT2D eigenvalue weighted by Gasteiger charge is -2.36. The molecule has 0 spiro atoms. The van der Waals surface area contributed by atoms with Crippen LogP contribution in [0.4, 0.5) is 23.7 Å². The van der Waals surface area contributed by atoms with Gasteiger partial charge in [0.05, 0.1) is 10.7 Å². The molecule has 1 saturated heterocycles. The summed E-state index contributed by atoms with van der Waals surface area (Å²) in [6.45, 7) is 2.62. The molecule has 2 amide bonds. The van der Waals surface area contributed by atoms with Crippen molar-refractivity contribution in [2.75, 3.05) is 18.4 Å². The number of aliphatic hydroxyl groups excluding tert-OH is 1. The number of alkyl halides is 3. The number of urea groups is 1. The van der Waals surface area contributed by atoms with Crippen LogP contribution in [0.2, 0.25) is 5.02 Å². The average molecular weight is 508 g/mol. The van der Waals surface area contributed by atoms with Gasteiger partial charge < -0.3 is 19.7 Å². The number of halogens is 4. The first-order chi connectivity index (χ1) is 16.5. The monoisotopic (exact) mass is 507 g/mol. The van der Waals surface area contributed by atoms with Crippen molar-refractivity contribution in [1.29, 1.82) is 0 Å². The highest BCUT2D eigenvalue weighted by Crippen LogP contribution is 2.39. The summed E-state index contributed by atoms with van der Waals surface area (Å²) in [5.74, 6) is -2.14. The molecule has 1 aliphatic heterocycles. The fourth-order valence-electron chi connectivity index (χ4n) is 4.25. The normalized spacial score (nSPS) is 15.8. The van der Waals surface area contributed by atoms with E-state index < -0.39 is 17.6 Å². The van der Waals surface area contributed by atoms with Crippen LogP contribution in [0.1, 0.15) is 42.3 Å². The second-order valence-electron chi connectivity index (χ2n) is 8.78. The van der Waals surface area contributed by atoms with Crippen LogP contribution < -0.4 is 5.32 Å². The lowest BCUT2D eigenvalue weighted by atomic mass is 9.87. The minimum absolute atomic E-state index is 0.0603. The number of hydrogen-bond acceptors (Lipinski definition) is 4. The van der Waals surface area contributed by atoms with E-state index in [9.17, 15) is 18.7 Å². The SMILES string of the molecule is Cc1cc(-c2ccc(CO)o2)cnc1C1(F)CCN(C(=O)Nc2ccc(C(C)(F)F)c(Cl)c2)CC1. The van der Waals surface area contributed by atoms with Crippen LogP contribution >= 0.6 is 11.6 Å². The Labute approximate surface area is 205 Å². The van der Waals surface area contributed by atoms with E-state index in [1.807, 2.05) is 0 Å². The van der Waals surface area contributed by atoms with E-state index in [-0.39, 0.29) is 48.8 Å². The molecule has 1 fully saturated rings. The zero-order valence-corrected chi connectivity index (χ0v) is 20.0. The van der Waals surface area contributed by atoms with Gasteiger partial charge >= 0.3 is 6.03 Å². The number of pyridine rings is 1. The third kappa shape index (κ3) is 5.31. The van der Waals surface area contributed by atoms with E-state index in [4.69, 9.17) is 16.0 Å². The number of carbonyl (C=O) groups excluding carboxylic acids is 1. The molecule has 1 aliphatic rings. The maximum Gasteiger partial charge on any atom is 0.321 e. The van der Waals surface area contributed by atoms with E-state index in [2.05, 4.69) is 10.3 Å². The minimum atomic E-state index is -3.10. The van der Waals surface area contributed by atoms with E-state index in [0.29, 0.717) is 28.3 Å². The number of nitrogens with zero attached hydrogens (tertiary/aromatic N) is 2. The zero-order valence-electron chi connectivity index (χ0n) is 19.2. The van der Waals surface area contributed by atoms with Crippen LogP contribution in [0.25, 0.3) is 11.3 Å². The molecule has 0 saturated carbocycles. The van der Waals surface area contributed by atoms with Crippen molar-refractivity contribution in [3.63, 3.8) is 0 Å². The Morgan fingerprint density at radius 2 is 1.97 bits per heavy atom. The Balaban J connectivity index is 1.41. The summed E-state index contributed by atoms with van der Waals surface area (Å²) in [7, 11) is 0. The standard InChI is InChI=1S/C25H25ClF3N3O3/c1-15-11-16(21-6-4-18(14-33)35-21)13-30-22(15)25(29)7-9-32(10-8-25)23(34)31-17-3-5-19(20(26)12-17)24(2,27)28/h3-6,11-13,33H,7-10,14H2,1-2H3,(H,31,34). The summed E-state index contributed by atoms with van der Waals surface area (Å²) in [5, 5.41) is 11.7. The first-order valence-corrected chi connectivity index (χ1v) is 11.5. The van der Waals surface area contributed by atoms with Gasteiger partial charge in [0, 0.05) is 55.9 Å². The maximum atomic E-state index is 15.9. The number of anilines is 1. The second kappa shape index (κ2) is 9.54. The minimum Gasteiger partial charge on any atom is -0.459 e. The molecule has 1 aromatic carbocycles. The van der Waals surface area contributed by atoms with Crippen molar-refractivity contribution in [2.24, 2.45) is 0 Å². The Morgan fingerprint density at radius 3 is 2.54 bits per heavy atom. The number of aromatic nitrogens is 1. The molecular formula is C25H25ClF3N3O3. The molecule has 186 valence electrons. The number of carbonyl (C=O) groups is 1. The average Bonchev–Trinajstić information content (AvgIpc) is 3.28. The maximum absolute atomic E-state index is 15.9. The Kier molecular flexibility index (Phi) is 6.83. The number of rotatable bonds is 5. The molecule has 3 aromatic rings. The molecule has 10 heteroatoms. The quantitative estimate of drug-likeness (QED) is 0.419. The zero-order chi connectivity index (χ0) is 25.4. The number of aryl methyl sites for hydroxylation is 1. The number of benzene rings is 1. The van der Waals surface area contributed by atoms with Gasteiger partial charge in [0.2, 0.25) is 0 Å². The number of piperidine rings is 1. The third-order valence-electron chi connectivity index (χ3n) is 6.14. The smallest absolute Gasteiger partial charge is 0.321 e. The first-order valence-electron chi connectivity index (χ1n) is 11.1. The van der Waals surface area contributed by atoms with Crippen LogP contribution in [-0.4, -0.2) is 34.1 Å². The highest BCUT2D eigenvalue weighted by atomic mass is 35.5. The Bertz CT molecular complexity index is 1230. The van der Waals surface area contributed by atoms with E-state index in [1.54, 1.807) is 25.1 Å². The number of hydrogen-bond donors (Lipinski definition) is 2. The van der Waals surface area contributed by atoms with Crippen molar-refractivity contribution in [3.8, 4) is 11.3 Å². The summed E-state index contributed by atoms with van der Waals surface area (Å²) in [5.41, 5.74) is -0.0916. The number of nitrogens with one attached hydrogen (secondary N) is 1. The van der Waals surface area contributed by atoms with Gasteiger partial charge in [0.15, 0.2) is 5.67 Å². The van der Waals surface area contributed by atoms with Gasteiger partial charge in [0.1, 0.15) is 18.1 Å². The molecule has 0 bridgehead atoms. The molecular weight excluding hydrogens is 483 g/mol. The number of aliphatic hydroxyl groups is 1. The Morgan fingerprint density at radius 1 is 1.26 bits per heavy atom. The molecule has 0 aliphatic carbocycles. The second-order valence-corrected chi connectivity index (χ2v) is 9.19. The summed E-state index contributed by atoms with van der Waals surface area (Å²) in [4.78, 5) is 18.5. The van der Waals surface area contributed by atoms with Gasteiger partial charge in [-0.2, -0.15) is 0 Å². The van der Waals surface area contributed by atoms with E-state index >= 15 is 4.39 Å². The predicted molar refractivity (Wildman–Crippen MR) is 126 cm³/mol. The van der Waals surface area contributed by atoms with Gasteiger partial charge in [-0.1, -0.05) is 11.6 Å². The van der Waals surface area contributed by atoms with Gasteiger partial charge in [0.25, 0.3) is 5.92 Å². The lowest BCUT2D eigenvalue weighted by molar-refractivity contribution is 0.0176. The Hall–Kier alpha value is -3.04. The van der Waals surface area contributed by atoms with Crippen molar-refractivity contribution in [2.45, 2.75) is 44.9 Å². The molecule has 2 N–H and O–H groups in total. The van der Waals surface area contributed by atoms with Crippen LogP contribution in [0, 0.1) is 6.92 Å². The lowest BCUT2D eigenvalue weighted by Crippen LogP contribution is -2.45. The van der Waals surface area contributed by atoms with E-state index in [0.717, 1.165) is 6.92 Å². The molecule has 2 aromatic heterocycles. The van der Waals surface area contributed by atoms with Crippen molar-refractivity contribution in [1.82, 2.24) is 9.88 Å². The van der Waals surface area contributed by atoms with Crippen molar-refractivity contribution >= 4 is 23.3 Å². The molecule has 0 radical (unpaired) electrons. The largest absolute Gasteiger partial charge is 0.459 e. The van der Waals surface area contributed by atoms with Gasteiger partial charge in [-0.3, -0.25) is 4.98 Å². The molecule has 0 unspecified atom stereocenters. The van der Waals surface area contributed by atoms with Crippen molar-refractivity contribution < 1.29 is 27.5 Å². The predicted octanol–water partition coefficient (Wildman–Crippen LogP) is 6.40. The summed E-state index contributed by atoms with van der Waals surface area (Å²) < 4.78 is 48.5. The molecule has 6 nitrogen and oxygen atoms in total. The molecule has 35 heavy (non-hydrogen) atoms. The van der Waals surface area contributed by atoms with Crippen LogP contribution in [0.5, 0.6) is 0 Å². The van der Waals surface area contributed by atoms with Crippen LogP contribution in [0.3, 0.4) is 0 Å². The van der Waals surface area contributed by atoms with Crippen LogP contribution in [-0.2, 0) is 18.2 Å². The van der Waals surface area contributed by atoms with Crippen molar-refractivity contribution in [3.05, 3.63) is 70.2 Å². The summed E-state index contributed by atoms with van der Waals surface area (Å²) in [6.07, 6.45) is 1.66. The fourth-order valence-corrected chi connectivity index (χ4v) is 4.60. The highest BCUT2D eigenvalue weighted by molar-refractivity contribution is 6.31. The molecule has 4 rings (SSSR count). The summed E-state index contributed by atoms with van der Waals surface area (Å²) in [6, 6.07) is 8.51. The van der Waals surface area contributed by atoms with Gasteiger partial charge in [-0.15, -0.1) is 0 Å².